The van der Waals surface area contributed by atoms with Gasteiger partial charge in [0.25, 0.3) is 5.91 Å². The summed E-state index contributed by atoms with van der Waals surface area (Å²) in [6, 6.07) is 22.1. The van der Waals surface area contributed by atoms with Crippen LogP contribution >= 0.6 is 0 Å². The number of hydrogen-bond donors (Lipinski definition) is 2. The Morgan fingerprint density at radius 2 is 1.61 bits per heavy atom. The van der Waals surface area contributed by atoms with Crippen LogP contribution in [0.15, 0.2) is 66.7 Å². The number of benzene rings is 3. The Bertz CT molecular complexity index is 1070. The van der Waals surface area contributed by atoms with Crippen molar-refractivity contribution in [3.63, 3.8) is 0 Å². The van der Waals surface area contributed by atoms with E-state index in [1.165, 1.54) is 5.56 Å². The number of likely N-dealkylation sites (N-methyl/N-ethyl adjacent to an activating group) is 1. The molecule has 0 aromatic heterocycles. The van der Waals surface area contributed by atoms with Crippen molar-refractivity contribution in [2.24, 2.45) is 5.92 Å². The first-order valence-corrected chi connectivity index (χ1v) is 10.8. The van der Waals surface area contributed by atoms with E-state index in [9.17, 15) is 9.59 Å². The lowest BCUT2D eigenvalue weighted by atomic mass is 10.0. The number of nitrogens with one attached hydrogen (secondary N) is 2. The van der Waals surface area contributed by atoms with Gasteiger partial charge in [-0.05, 0) is 61.8 Å². The minimum Gasteiger partial charge on any atom is -0.350 e. The molecule has 0 radical (unpaired) electrons. The molecule has 31 heavy (non-hydrogen) atoms. The molecule has 0 saturated heterocycles. The maximum Gasteiger partial charge on any atom is 0.253 e. The van der Waals surface area contributed by atoms with Gasteiger partial charge in [0.05, 0.1) is 11.3 Å². The number of rotatable bonds is 8. The molecule has 1 aliphatic carbocycles. The van der Waals surface area contributed by atoms with Crippen LogP contribution in [0.5, 0.6) is 0 Å². The fourth-order valence-electron chi connectivity index (χ4n) is 3.74. The van der Waals surface area contributed by atoms with Gasteiger partial charge in [-0.25, -0.2) is 0 Å². The average Bonchev–Trinajstić information content (AvgIpc) is 3.62. The average molecular weight is 416 g/mol. The molecule has 160 valence electrons. The van der Waals surface area contributed by atoms with Gasteiger partial charge in [-0.15, -0.1) is 0 Å². The lowest BCUT2D eigenvalue weighted by Gasteiger charge is -2.25. The lowest BCUT2D eigenvalue weighted by Crippen LogP contribution is -2.41. The number of fused-ring (bicyclic) bond motifs is 1. The van der Waals surface area contributed by atoms with Crippen molar-refractivity contribution < 1.29 is 9.59 Å². The minimum atomic E-state index is -0.170. The van der Waals surface area contributed by atoms with Crippen LogP contribution in [0.1, 0.15) is 28.8 Å². The van der Waals surface area contributed by atoms with Crippen LogP contribution < -0.4 is 10.6 Å². The molecule has 1 aliphatic rings. The molecule has 1 atom stereocenters. The standard InChI is InChI=1S/C26H29N3O2/c1-29(2)22(14-18-8-4-3-5-9-18)17-27-26(31)23-15-20-10-6-7-11-21(20)16-24(23)28-25(30)19-12-13-19/h3-11,15-16,19,22H,12-14,17H2,1-2H3,(H,27,31)(H,28,30)/t22-/m1/s1. The number of amides is 2. The molecule has 3 aromatic rings. The van der Waals surface area contributed by atoms with Crippen LogP contribution in [0.4, 0.5) is 5.69 Å². The zero-order valence-electron chi connectivity index (χ0n) is 18.1. The predicted octanol–water partition coefficient (Wildman–Crippen LogP) is 4.09. The number of hydrogen-bond acceptors (Lipinski definition) is 3. The molecule has 0 bridgehead atoms. The fourth-order valence-corrected chi connectivity index (χ4v) is 3.74. The molecule has 0 heterocycles. The zero-order chi connectivity index (χ0) is 21.8. The van der Waals surface area contributed by atoms with Crippen LogP contribution in [-0.2, 0) is 11.2 Å². The van der Waals surface area contributed by atoms with Crippen molar-refractivity contribution in [3.8, 4) is 0 Å². The first-order chi connectivity index (χ1) is 15.0. The summed E-state index contributed by atoms with van der Waals surface area (Å²) in [6.45, 7) is 0.517. The summed E-state index contributed by atoms with van der Waals surface area (Å²) in [5, 5.41) is 8.06. The van der Waals surface area contributed by atoms with Crippen LogP contribution in [-0.4, -0.2) is 43.4 Å². The highest BCUT2D eigenvalue weighted by Gasteiger charge is 2.30. The summed E-state index contributed by atoms with van der Waals surface area (Å²) in [4.78, 5) is 27.7. The third kappa shape index (κ3) is 5.30. The van der Waals surface area contributed by atoms with E-state index in [2.05, 4.69) is 27.7 Å². The highest BCUT2D eigenvalue weighted by molar-refractivity contribution is 6.08. The van der Waals surface area contributed by atoms with Crippen LogP contribution in [0.3, 0.4) is 0 Å². The van der Waals surface area contributed by atoms with Crippen molar-refractivity contribution in [1.82, 2.24) is 10.2 Å². The molecule has 0 spiro atoms. The van der Waals surface area contributed by atoms with Gasteiger partial charge in [0, 0.05) is 18.5 Å². The summed E-state index contributed by atoms with van der Waals surface area (Å²) in [5.74, 6) is -0.0947. The molecule has 2 amide bonds. The van der Waals surface area contributed by atoms with E-state index in [0.29, 0.717) is 17.8 Å². The van der Waals surface area contributed by atoms with Gasteiger partial charge in [-0.1, -0.05) is 54.6 Å². The van der Waals surface area contributed by atoms with Gasteiger partial charge in [0.2, 0.25) is 5.91 Å². The Balaban J connectivity index is 1.53. The molecular formula is C26H29N3O2. The largest absolute Gasteiger partial charge is 0.350 e. The van der Waals surface area contributed by atoms with Gasteiger partial charge in [0.1, 0.15) is 0 Å². The lowest BCUT2D eigenvalue weighted by molar-refractivity contribution is -0.117. The molecule has 5 nitrogen and oxygen atoms in total. The van der Waals surface area contributed by atoms with Crippen molar-refractivity contribution >= 4 is 28.3 Å². The Kier molecular flexibility index (Phi) is 6.33. The second-order valence-electron chi connectivity index (χ2n) is 8.53. The van der Waals surface area contributed by atoms with Gasteiger partial charge >= 0.3 is 0 Å². The SMILES string of the molecule is CN(C)[C@@H](CNC(=O)c1cc2ccccc2cc1NC(=O)C1CC1)Cc1ccccc1. The summed E-state index contributed by atoms with van der Waals surface area (Å²) in [6.07, 6.45) is 2.69. The molecule has 1 saturated carbocycles. The second kappa shape index (κ2) is 9.31. The third-order valence-electron chi connectivity index (χ3n) is 5.88. The molecule has 0 aliphatic heterocycles. The van der Waals surface area contributed by atoms with Crippen molar-refractivity contribution in [2.75, 3.05) is 26.0 Å². The third-order valence-corrected chi connectivity index (χ3v) is 5.88. The summed E-state index contributed by atoms with van der Waals surface area (Å²) < 4.78 is 0. The first kappa shape index (κ1) is 21.1. The molecule has 1 fully saturated rings. The van der Waals surface area contributed by atoms with Gasteiger partial charge in [0.15, 0.2) is 0 Å². The summed E-state index contributed by atoms with van der Waals surface area (Å²) in [7, 11) is 4.05. The maximum absolute atomic E-state index is 13.2. The van der Waals surface area contributed by atoms with Crippen molar-refractivity contribution in [2.45, 2.75) is 25.3 Å². The van der Waals surface area contributed by atoms with E-state index >= 15 is 0 Å². The van der Waals surface area contributed by atoms with Crippen molar-refractivity contribution in [1.29, 1.82) is 0 Å². The predicted molar refractivity (Wildman–Crippen MR) is 125 cm³/mol. The topological polar surface area (TPSA) is 61.4 Å². The molecule has 3 aromatic carbocycles. The maximum atomic E-state index is 13.2. The van der Waals surface area contributed by atoms with Gasteiger partial charge < -0.3 is 15.5 Å². The van der Waals surface area contributed by atoms with Crippen LogP contribution in [0, 0.1) is 5.92 Å². The number of nitrogens with zero attached hydrogens (tertiary/aromatic N) is 1. The molecule has 0 unspecified atom stereocenters. The Morgan fingerprint density at radius 3 is 2.26 bits per heavy atom. The smallest absolute Gasteiger partial charge is 0.253 e. The van der Waals surface area contributed by atoms with Crippen LogP contribution in [0.25, 0.3) is 10.8 Å². The van der Waals surface area contributed by atoms with E-state index in [0.717, 1.165) is 30.0 Å². The highest BCUT2D eigenvalue weighted by Crippen LogP contribution is 2.32. The zero-order valence-corrected chi connectivity index (χ0v) is 18.1. The van der Waals surface area contributed by atoms with E-state index < -0.39 is 0 Å². The van der Waals surface area contributed by atoms with Gasteiger partial charge in [-0.3, -0.25) is 9.59 Å². The second-order valence-corrected chi connectivity index (χ2v) is 8.53. The molecule has 5 heteroatoms. The molecule has 2 N–H and O–H groups in total. The van der Waals surface area contributed by atoms with E-state index in [1.807, 2.05) is 68.7 Å². The first-order valence-electron chi connectivity index (χ1n) is 10.8. The van der Waals surface area contributed by atoms with E-state index in [1.54, 1.807) is 0 Å². The van der Waals surface area contributed by atoms with Crippen LogP contribution in [0.2, 0.25) is 0 Å². The number of anilines is 1. The van der Waals surface area contributed by atoms with E-state index in [4.69, 9.17) is 0 Å². The summed E-state index contributed by atoms with van der Waals surface area (Å²) >= 11 is 0. The monoisotopic (exact) mass is 415 g/mol. The Morgan fingerprint density at radius 1 is 0.968 bits per heavy atom. The number of carbonyl (C=O) groups excluding carboxylic acids is 2. The van der Waals surface area contributed by atoms with Crippen molar-refractivity contribution in [3.05, 3.63) is 77.9 Å². The number of carbonyl (C=O) groups is 2. The van der Waals surface area contributed by atoms with Gasteiger partial charge in [-0.2, -0.15) is 0 Å². The summed E-state index contributed by atoms with van der Waals surface area (Å²) in [5.41, 5.74) is 2.32. The normalized spacial score (nSPS) is 14.4. The quantitative estimate of drug-likeness (QED) is 0.583. The van der Waals surface area contributed by atoms with E-state index in [-0.39, 0.29) is 23.8 Å². The highest BCUT2D eigenvalue weighted by atomic mass is 16.2. The Hall–Kier alpha value is -3.18. The molecular weight excluding hydrogens is 386 g/mol. The molecule has 4 rings (SSSR count). The Labute approximate surface area is 183 Å². The fraction of sp³-hybridized carbons (Fsp3) is 0.308. The minimum absolute atomic E-state index is 0.000392.